The molecule has 4 aromatic rings. The summed E-state index contributed by atoms with van der Waals surface area (Å²) in [6, 6.07) is 12.0. The van der Waals surface area contributed by atoms with E-state index in [9.17, 15) is 8.42 Å². The minimum atomic E-state index is -3.17. The van der Waals surface area contributed by atoms with Gasteiger partial charge in [0.15, 0.2) is 5.82 Å². The van der Waals surface area contributed by atoms with Crippen LogP contribution in [0.5, 0.6) is 0 Å². The number of nitrogens with zero attached hydrogens (tertiary/aromatic N) is 7. The maximum absolute atomic E-state index is 11.8. The molecular formula is C21H21N7O2S. The van der Waals surface area contributed by atoms with Gasteiger partial charge in [0.25, 0.3) is 0 Å². The van der Waals surface area contributed by atoms with E-state index in [-0.39, 0.29) is 0 Å². The summed E-state index contributed by atoms with van der Waals surface area (Å²) in [5, 5.41) is 5.54. The van der Waals surface area contributed by atoms with Gasteiger partial charge in [0.1, 0.15) is 12.1 Å². The van der Waals surface area contributed by atoms with E-state index >= 15 is 0 Å². The topological polar surface area (TPSA) is 97.1 Å². The molecule has 0 atom stereocenters. The highest BCUT2D eigenvalue weighted by molar-refractivity contribution is 7.88. The summed E-state index contributed by atoms with van der Waals surface area (Å²) < 4.78 is 26.8. The van der Waals surface area contributed by atoms with Gasteiger partial charge < -0.3 is 4.90 Å². The summed E-state index contributed by atoms with van der Waals surface area (Å²) in [6.45, 7) is 2.04. The Morgan fingerprint density at radius 3 is 2.45 bits per heavy atom. The van der Waals surface area contributed by atoms with Crippen LogP contribution in [0.25, 0.3) is 27.8 Å². The monoisotopic (exact) mass is 435 g/mol. The van der Waals surface area contributed by atoms with Crippen molar-refractivity contribution in [3.05, 3.63) is 61.3 Å². The normalized spacial score (nSPS) is 15.5. The van der Waals surface area contributed by atoms with Gasteiger partial charge in [-0.25, -0.2) is 23.1 Å². The Balaban J connectivity index is 1.46. The number of rotatable bonds is 4. The number of sulfonamides is 1. The Bertz CT molecular complexity index is 1330. The Morgan fingerprint density at radius 1 is 0.903 bits per heavy atom. The average Bonchev–Trinajstić information content (AvgIpc) is 3.23. The maximum Gasteiger partial charge on any atom is 0.211 e. The molecule has 0 amide bonds. The Kier molecular flexibility index (Phi) is 4.87. The lowest BCUT2D eigenvalue weighted by Crippen LogP contribution is -2.48. The summed E-state index contributed by atoms with van der Waals surface area (Å²) >= 11 is 0. The molecule has 1 aromatic carbocycles. The smallest absolute Gasteiger partial charge is 0.211 e. The Hall–Kier alpha value is -3.37. The average molecular weight is 436 g/mol. The molecule has 0 radical (unpaired) electrons. The zero-order chi connectivity index (χ0) is 21.4. The van der Waals surface area contributed by atoms with E-state index in [1.807, 2.05) is 36.7 Å². The standard InChI is InChI=1S/C21H21N7O2S/c1-31(29,30)27-9-7-26(8-10-27)20-12-21(24-15-23-20)28-19-11-16(4-5-18(19)14-25-28)17-3-2-6-22-13-17/h2-6,11-15H,7-10H2,1H3. The Morgan fingerprint density at radius 2 is 1.71 bits per heavy atom. The van der Waals surface area contributed by atoms with E-state index < -0.39 is 10.0 Å². The lowest BCUT2D eigenvalue weighted by Gasteiger charge is -2.33. The minimum absolute atomic E-state index is 0.442. The van der Waals surface area contributed by atoms with E-state index in [2.05, 4.69) is 37.1 Å². The molecule has 0 bridgehead atoms. The number of hydrogen-bond donors (Lipinski definition) is 0. The van der Waals surface area contributed by atoms with Gasteiger partial charge in [-0.15, -0.1) is 0 Å². The van der Waals surface area contributed by atoms with Crippen molar-refractivity contribution in [1.82, 2.24) is 29.0 Å². The van der Waals surface area contributed by atoms with Gasteiger partial charge in [-0.3, -0.25) is 4.98 Å². The molecule has 10 heteroatoms. The van der Waals surface area contributed by atoms with Gasteiger partial charge in [-0.05, 0) is 17.7 Å². The molecule has 4 heterocycles. The molecule has 31 heavy (non-hydrogen) atoms. The number of pyridine rings is 1. The first-order chi connectivity index (χ1) is 15.0. The molecule has 5 rings (SSSR count). The molecule has 0 N–H and O–H groups in total. The summed E-state index contributed by atoms with van der Waals surface area (Å²) in [5.41, 5.74) is 3.02. The van der Waals surface area contributed by atoms with Crippen molar-refractivity contribution in [2.45, 2.75) is 0 Å². The molecular weight excluding hydrogens is 414 g/mol. The van der Waals surface area contributed by atoms with Crippen LogP contribution >= 0.6 is 0 Å². The fourth-order valence-electron chi connectivity index (χ4n) is 3.79. The molecule has 0 aliphatic carbocycles. The number of fused-ring (bicyclic) bond motifs is 1. The summed E-state index contributed by atoms with van der Waals surface area (Å²) in [5.74, 6) is 1.42. The highest BCUT2D eigenvalue weighted by Crippen LogP contribution is 2.26. The largest absolute Gasteiger partial charge is 0.354 e. The van der Waals surface area contributed by atoms with E-state index in [1.165, 1.54) is 16.9 Å². The first kappa shape index (κ1) is 19.6. The molecule has 0 spiro atoms. The van der Waals surface area contributed by atoms with Crippen LogP contribution in [0.3, 0.4) is 0 Å². The lowest BCUT2D eigenvalue weighted by atomic mass is 10.1. The molecule has 3 aromatic heterocycles. The molecule has 1 saturated heterocycles. The molecule has 158 valence electrons. The van der Waals surface area contributed by atoms with Gasteiger partial charge >= 0.3 is 0 Å². The van der Waals surface area contributed by atoms with Crippen LogP contribution in [0.1, 0.15) is 0 Å². The third-order valence-corrected chi connectivity index (χ3v) is 6.76. The maximum atomic E-state index is 11.8. The van der Waals surface area contributed by atoms with Crippen LogP contribution in [0, 0.1) is 0 Å². The molecule has 1 fully saturated rings. The van der Waals surface area contributed by atoms with Crippen LogP contribution in [0.15, 0.2) is 61.3 Å². The van der Waals surface area contributed by atoms with Gasteiger partial charge in [0, 0.05) is 55.6 Å². The van der Waals surface area contributed by atoms with Crippen LogP contribution in [-0.2, 0) is 10.0 Å². The predicted molar refractivity (Wildman–Crippen MR) is 119 cm³/mol. The minimum Gasteiger partial charge on any atom is -0.354 e. The van der Waals surface area contributed by atoms with Crippen molar-refractivity contribution < 1.29 is 8.42 Å². The van der Waals surface area contributed by atoms with Crippen molar-refractivity contribution in [2.24, 2.45) is 0 Å². The third kappa shape index (κ3) is 3.87. The number of piperazine rings is 1. The quantitative estimate of drug-likeness (QED) is 0.483. The molecule has 1 aliphatic rings. The highest BCUT2D eigenvalue weighted by atomic mass is 32.2. The summed E-state index contributed by atoms with van der Waals surface area (Å²) in [6.07, 6.45) is 8.17. The number of anilines is 1. The third-order valence-electron chi connectivity index (χ3n) is 5.45. The van der Waals surface area contributed by atoms with Gasteiger partial charge in [0.2, 0.25) is 10.0 Å². The zero-order valence-electron chi connectivity index (χ0n) is 17.0. The van der Waals surface area contributed by atoms with Gasteiger partial charge in [0.05, 0.1) is 18.0 Å². The fraction of sp³-hybridized carbons (Fsp3) is 0.238. The second kappa shape index (κ2) is 7.71. The number of aromatic nitrogens is 5. The van der Waals surface area contributed by atoms with Gasteiger partial charge in [-0.2, -0.15) is 9.40 Å². The van der Waals surface area contributed by atoms with Crippen molar-refractivity contribution >= 4 is 26.7 Å². The predicted octanol–water partition coefficient (Wildman–Crippen LogP) is 1.96. The summed E-state index contributed by atoms with van der Waals surface area (Å²) in [4.78, 5) is 15.1. The second-order valence-corrected chi connectivity index (χ2v) is 9.44. The Labute approximate surface area is 180 Å². The first-order valence-electron chi connectivity index (χ1n) is 9.90. The van der Waals surface area contributed by atoms with Crippen molar-refractivity contribution in [3.63, 3.8) is 0 Å². The SMILES string of the molecule is CS(=O)(=O)N1CCN(c2cc(-n3ncc4ccc(-c5cccnc5)cc43)ncn2)CC1. The summed E-state index contributed by atoms with van der Waals surface area (Å²) in [7, 11) is -3.17. The molecule has 0 unspecified atom stereocenters. The number of hydrogen-bond acceptors (Lipinski definition) is 7. The van der Waals surface area contributed by atoms with Crippen LogP contribution in [-0.4, -0.2) is 69.9 Å². The van der Waals surface area contributed by atoms with E-state index in [1.54, 1.807) is 10.9 Å². The van der Waals surface area contributed by atoms with E-state index in [0.717, 1.165) is 27.8 Å². The number of benzene rings is 1. The molecule has 9 nitrogen and oxygen atoms in total. The fourth-order valence-corrected chi connectivity index (χ4v) is 4.62. The molecule has 1 aliphatic heterocycles. The lowest BCUT2D eigenvalue weighted by molar-refractivity contribution is 0.387. The zero-order valence-corrected chi connectivity index (χ0v) is 17.8. The molecule has 0 saturated carbocycles. The van der Waals surface area contributed by atoms with Gasteiger partial charge in [-0.1, -0.05) is 18.2 Å². The second-order valence-electron chi connectivity index (χ2n) is 7.46. The van der Waals surface area contributed by atoms with Crippen molar-refractivity contribution in [3.8, 4) is 16.9 Å². The van der Waals surface area contributed by atoms with E-state index in [0.29, 0.717) is 32.0 Å². The van der Waals surface area contributed by atoms with Crippen LogP contribution < -0.4 is 4.90 Å². The van der Waals surface area contributed by atoms with Crippen molar-refractivity contribution in [1.29, 1.82) is 0 Å². The van der Waals surface area contributed by atoms with Crippen molar-refractivity contribution in [2.75, 3.05) is 37.3 Å². The highest BCUT2D eigenvalue weighted by Gasteiger charge is 2.24. The van der Waals surface area contributed by atoms with Crippen LogP contribution in [0.2, 0.25) is 0 Å². The van der Waals surface area contributed by atoms with Crippen LogP contribution in [0.4, 0.5) is 5.82 Å². The van der Waals surface area contributed by atoms with E-state index in [4.69, 9.17) is 0 Å². The first-order valence-corrected chi connectivity index (χ1v) is 11.7.